The summed E-state index contributed by atoms with van der Waals surface area (Å²) in [4.78, 5) is 30.2. The molecule has 2 aromatic carbocycles. The summed E-state index contributed by atoms with van der Waals surface area (Å²) in [6.45, 7) is 7.76. The van der Waals surface area contributed by atoms with Crippen molar-refractivity contribution < 1.29 is 28.9 Å². The molecular formula is C27H30N2O6. The standard InChI is InChI=1S/C27H30N2O6/c1-3-15-35-22-6-4-5-20(18-22)24-23(25(30)19-7-9-21(33-2)10-8-19)26(31)27(32)29(24)12-11-28-13-16-34-17-14-28/h3-10,18,24,30H,1,11-17H2,2H3/t24-/m0/s1. The van der Waals surface area contributed by atoms with Gasteiger partial charge in [-0.2, -0.15) is 0 Å². The largest absolute Gasteiger partial charge is 0.507 e. The van der Waals surface area contributed by atoms with E-state index in [1.54, 1.807) is 54.5 Å². The summed E-state index contributed by atoms with van der Waals surface area (Å²) in [5.74, 6) is -0.345. The number of amides is 1. The van der Waals surface area contributed by atoms with Crippen LogP contribution in [0.1, 0.15) is 17.2 Å². The molecule has 2 aliphatic heterocycles. The first-order valence-corrected chi connectivity index (χ1v) is 11.6. The first kappa shape index (κ1) is 24.5. The summed E-state index contributed by atoms with van der Waals surface area (Å²) in [6, 6.07) is 13.2. The van der Waals surface area contributed by atoms with Crippen LogP contribution in [0.25, 0.3) is 5.76 Å². The summed E-state index contributed by atoms with van der Waals surface area (Å²) in [6.07, 6.45) is 1.64. The molecule has 4 rings (SSSR count). The Morgan fingerprint density at radius 1 is 1.11 bits per heavy atom. The molecule has 8 heteroatoms. The molecule has 184 valence electrons. The van der Waals surface area contributed by atoms with E-state index in [-0.39, 0.29) is 11.3 Å². The third-order valence-corrected chi connectivity index (χ3v) is 6.21. The molecule has 35 heavy (non-hydrogen) atoms. The molecule has 1 atom stereocenters. The van der Waals surface area contributed by atoms with E-state index in [9.17, 15) is 14.7 Å². The molecule has 2 fully saturated rings. The highest BCUT2D eigenvalue weighted by Gasteiger charge is 2.46. The maximum Gasteiger partial charge on any atom is 0.295 e. The Morgan fingerprint density at radius 3 is 2.54 bits per heavy atom. The molecule has 0 radical (unpaired) electrons. The molecule has 0 aliphatic carbocycles. The average Bonchev–Trinajstić information content (AvgIpc) is 3.16. The second kappa shape index (κ2) is 11.2. The number of ketones is 1. The number of benzene rings is 2. The Bertz CT molecular complexity index is 1100. The molecular weight excluding hydrogens is 448 g/mol. The highest BCUT2D eigenvalue weighted by Crippen LogP contribution is 2.40. The van der Waals surface area contributed by atoms with Crippen LogP contribution in [-0.2, 0) is 14.3 Å². The zero-order valence-electron chi connectivity index (χ0n) is 19.8. The van der Waals surface area contributed by atoms with Gasteiger partial charge in [0.2, 0.25) is 0 Å². The molecule has 0 aromatic heterocycles. The van der Waals surface area contributed by atoms with E-state index in [0.29, 0.717) is 55.5 Å². The maximum atomic E-state index is 13.2. The van der Waals surface area contributed by atoms with E-state index in [1.165, 1.54) is 0 Å². The van der Waals surface area contributed by atoms with E-state index < -0.39 is 17.7 Å². The van der Waals surface area contributed by atoms with Crippen LogP contribution in [-0.4, -0.2) is 79.7 Å². The third-order valence-electron chi connectivity index (χ3n) is 6.21. The lowest BCUT2D eigenvalue weighted by molar-refractivity contribution is -0.140. The van der Waals surface area contributed by atoms with E-state index in [0.717, 1.165) is 13.1 Å². The lowest BCUT2D eigenvalue weighted by Crippen LogP contribution is -2.42. The van der Waals surface area contributed by atoms with Gasteiger partial charge in [-0.1, -0.05) is 24.8 Å². The fourth-order valence-corrected chi connectivity index (χ4v) is 4.37. The van der Waals surface area contributed by atoms with Crippen LogP contribution >= 0.6 is 0 Å². The number of nitrogens with zero attached hydrogens (tertiary/aromatic N) is 2. The fourth-order valence-electron chi connectivity index (χ4n) is 4.37. The van der Waals surface area contributed by atoms with Gasteiger partial charge in [0.1, 0.15) is 23.9 Å². The Hall–Kier alpha value is -3.62. The van der Waals surface area contributed by atoms with Gasteiger partial charge < -0.3 is 24.2 Å². The first-order chi connectivity index (χ1) is 17.0. The Kier molecular flexibility index (Phi) is 7.84. The van der Waals surface area contributed by atoms with Crippen molar-refractivity contribution in [2.45, 2.75) is 6.04 Å². The molecule has 0 unspecified atom stereocenters. The van der Waals surface area contributed by atoms with Crippen LogP contribution in [0.3, 0.4) is 0 Å². The van der Waals surface area contributed by atoms with Gasteiger partial charge in [0.25, 0.3) is 11.7 Å². The van der Waals surface area contributed by atoms with Crippen molar-refractivity contribution in [1.82, 2.24) is 9.80 Å². The third kappa shape index (κ3) is 5.39. The summed E-state index contributed by atoms with van der Waals surface area (Å²) in [7, 11) is 1.55. The predicted octanol–water partition coefficient (Wildman–Crippen LogP) is 3.01. The second-order valence-electron chi connectivity index (χ2n) is 8.35. The number of aliphatic hydroxyl groups is 1. The van der Waals surface area contributed by atoms with Crippen molar-refractivity contribution in [3.63, 3.8) is 0 Å². The van der Waals surface area contributed by atoms with E-state index in [1.807, 2.05) is 12.1 Å². The van der Waals surface area contributed by atoms with Gasteiger partial charge >= 0.3 is 0 Å². The van der Waals surface area contributed by atoms with Crippen molar-refractivity contribution in [3.8, 4) is 11.5 Å². The van der Waals surface area contributed by atoms with Gasteiger partial charge in [0.15, 0.2) is 0 Å². The number of Topliss-reactive ketones (excluding diaryl/α,β-unsaturated/α-hetero) is 1. The molecule has 0 spiro atoms. The fraction of sp³-hybridized carbons (Fsp3) is 0.333. The van der Waals surface area contributed by atoms with Gasteiger partial charge in [-0.15, -0.1) is 0 Å². The smallest absolute Gasteiger partial charge is 0.295 e. The molecule has 8 nitrogen and oxygen atoms in total. The summed E-state index contributed by atoms with van der Waals surface area (Å²) in [5, 5.41) is 11.2. The van der Waals surface area contributed by atoms with Gasteiger partial charge in [0.05, 0.1) is 31.9 Å². The van der Waals surface area contributed by atoms with Gasteiger partial charge in [-0.3, -0.25) is 14.5 Å². The zero-order valence-corrected chi connectivity index (χ0v) is 19.8. The summed E-state index contributed by atoms with van der Waals surface area (Å²) in [5.41, 5.74) is 1.17. The number of hydrogen-bond donors (Lipinski definition) is 1. The number of carbonyl (C=O) groups is 2. The molecule has 0 bridgehead atoms. The van der Waals surface area contributed by atoms with Gasteiger partial charge in [-0.25, -0.2) is 0 Å². The lowest BCUT2D eigenvalue weighted by Gasteiger charge is -2.31. The van der Waals surface area contributed by atoms with Gasteiger partial charge in [0, 0.05) is 31.7 Å². The van der Waals surface area contributed by atoms with E-state index in [4.69, 9.17) is 14.2 Å². The molecule has 2 heterocycles. The van der Waals surface area contributed by atoms with Crippen LogP contribution < -0.4 is 9.47 Å². The molecule has 2 saturated heterocycles. The van der Waals surface area contributed by atoms with E-state index >= 15 is 0 Å². The van der Waals surface area contributed by atoms with Crippen molar-refractivity contribution in [1.29, 1.82) is 0 Å². The average molecular weight is 479 g/mol. The van der Waals surface area contributed by atoms with Crippen LogP contribution in [0.15, 0.2) is 66.8 Å². The van der Waals surface area contributed by atoms with Crippen molar-refractivity contribution >= 4 is 17.4 Å². The van der Waals surface area contributed by atoms with Crippen molar-refractivity contribution in [3.05, 3.63) is 77.9 Å². The maximum absolute atomic E-state index is 13.2. The van der Waals surface area contributed by atoms with E-state index in [2.05, 4.69) is 11.5 Å². The highest BCUT2D eigenvalue weighted by molar-refractivity contribution is 6.46. The minimum atomic E-state index is -0.745. The number of morpholine rings is 1. The molecule has 1 amide bonds. The normalized spacial score (nSPS) is 20.1. The lowest BCUT2D eigenvalue weighted by atomic mass is 9.95. The van der Waals surface area contributed by atoms with Crippen molar-refractivity contribution in [2.24, 2.45) is 0 Å². The Balaban J connectivity index is 1.73. The van der Waals surface area contributed by atoms with Crippen LogP contribution in [0.2, 0.25) is 0 Å². The number of likely N-dealkylation sites (tertiary alicyclic amines) is 1. The van der Waals surface area contributed by atoms with Gasteiger partial charge in [-0.05, 0) is 42.0 Å². The van der Waals surface area contributed by atoms with Crippen LogP contribution in [0.4, 0.5) is 0 Å². The Morgan fingerprint density at radius 2 is 1.86 bits per heavy atom. The number of aliphatic hydroxyl groups excluding tert-OH is 1. The zero-order chi connectivity index (χ0) is 24.8. The number of ether oxygens (including phenoxy) is 3. The number of methoxy groups -OCH3 is 1. The molecule has 2 aromatic rings. The SMILES string of the molecule is C=CCOc1cccc([C@H]2C(=C(O)c3ccc(OC)cc3)C(=O)C(=O)N2CCN2CCOCC2)c1. The first-order valence-electron chi connectivity index (χ1n) is 11.6. The van der Waals surface area contributed by atoms with Crippen LogP contribution in [0, 0.1) is 0 Å². The number of carbonyl (C=O) groups excluding carboxylic acids is 2. The Labute approximate surface area is 205 Å². The summed E-state index contributed by atoms with van der Waals surface area (Å²) < 4.78 is 16.3. The molecule has 0 saturated carbocycles. The number of rotatable bonds is 9. The number of hydrogen-bond acceptors (Lipinski definition) is 7. The molecule has 1 N–H and O–H groups in total. The minimum absolute atomic E-state index is 0.0583. The minimum Gasteiger partial charge on any atom is -0.507 e. The monoisotopic (exact) mass is 478 g/mol. The van der Waals surface area contributed by atoms with Crippen molar-refractivity contribution in [2.75, 3.05) is 53.1 Å². The topological polar surface area (TPSA) is 88.5 Å². The summed E-state index contributed by atoms with van der Waals surface area (Å²) >= 11 is 0. The second-order valence-corrected chi connectivity index (χ2v) is 8.35. The predicted molar refractivity (Wildman–Crippen MR) is 131 cm³/mol. The molecule has 2 aliphatic rings. The van der Waals surface area contributed by atoms with Crippen LogP contribution in [0.5, 0.6) is 11.5 Å². The highest BCUT2D eigenvalue weighted by atomic mass is 16.5. The quantitative estimate of drug-likeness (QED) is 0.257.